The molecule has 32 heavy (non-hydrogen) atoms. The Morgan fingerprint density at radius 2 is 1.69 bits per heavy atom. The topological polar surface area (TPSA) is 90.2 Å². The van der Waals surface area contributed by atoms with E-state index >= 15 is 0 Å². The highest BCUT2D eigenvalue weighted by Crippen LogP contribution is 2.33. The molecule has 0 saturated carbocycles. The molecule has 1 aliphatic rings. The van der Waals surface area contributed by atoms with Crippen LogP contribution < -0.4 is 14.3 Å². The van der Waals surface area contributed by atoms with Gasteiger partial charge in [-0.3, -0.25) is 4.79 Å². The first kappa shape index (κ1) is 22.5. The lowest BCUT2D eigenvalue weighted by atomic mass is 10.2. The van der Waals surface area contributed by atoms with E-state index < -0.39 is 15.9 Å². The molecule has 170 valence electrons. The van der Waals surface area contributed by atoms with E-state index in [1.807, 2.05) is 23.6 Å². The van der Waals surface area contributed by atoms with Gasteiger partial charge in [0, 0.05) is 37.3 Å². The molecule has 0 spiro atoms. The van der Waals surface area contributed by atoms with Gasteiger partial charge in [0.25, 0.3) is 5.91 Å². The maximum absolute atomic E-state index is 12.8. The summed E-state index contributed by atoms with van der Waals surface area (Å²) < 4.78 is 40.5. The number of benzene rings is 2. The van der Waals surface area contributed by atoms with Crippen LogP contribution in [0.2, 0.25) is 0 Å². The number of rotatable bonds is 6. The Hall–Kier alpha value is -2.69. The summed E-state index contributed by atoms with van der Waals surface area (Å²) in [5.74, 6) is 0.785. The van der Waals surface area contributed by atoms with E-state index in [2.05, 4.69) is 4.99 Å². The molecule has 2 aromatic carbocycles. The largest absolute Gasteiger partial charge is 0.493 e. The van der Waals surface area contributed by atoms with Crippen molar-refractivity contribution < 1.29 is 22.7 Å². The number of aryl methyl sites for hydroxylation is 1. The maximum Gasteiger partial charge on any atom is 0.279 e. The van der Waals surface area contributed by atoms with Gasteiger partial charge in [0.1, 0.15) is 0 Å². The molecule has 1 aromatic heterocycles. The monoisotopic (exact) mass is 475 g/mol. The van der Waals surface area contributed by atoms with Crippen LogP contribution in [0.25, 0.3) is 10.2 Å². The Balaban J connectivity index is 1.68. The lowest BCUT2D eigenvalue weighted by molar-refractivity contribution is 0.0997. The van der Waals surface area contributed by atoms with Gasteiger partial charge >= 0.3 is 0 Å². The second-order valence-electron chi connectivity index (χ2n) is 7.36. The molecular formula is C22H25N3O5S2. The number of sulfonamides is 1. The molecule has 1 aliphatic heterocycles. The molecule has 1 fully saturated rings. The van der Waals surface area contributed by atoms with Crippen molar-refractivity contribution >= 4 is 37.5 Å². The number of carbonyl (C=O) groups excluding carboxylic acids is 1. The number of hydrogen-bond donors (Lipinski definition) is 0. The number of nitrogens with zero attached hydrogens (tertiary/aromatic N) is 3. The van der Waals surface area contributed by atoms with Crippen molar-refractivity contribution in [3.8, 4) is 11.5 Å². The van der Waals surface area contributed by atoms with Crippen LogP contribution in [0.5, 0.6) is 11.5 Å². The van der Waals surface area contributed by atoms with Crippen molar-refractivity contribution in [1.29, 1.82) is 0 Å². The number of hydrogen-bond acceptors (Lipinski definition) is 6. The van der Waals surface area contributed by atoms with Crippen LogP contribution in [0.15, 0.2) is 46.3 Å². The summed E-state index contributed by atoms with van der Waals surface area (Å²) in [7, 11) is -0.361. The first-order valence-corrected chi connectivity index (χ1v) is 12.6. The normalized spacial score (nSPS) is 15.4. The molecule has 0 atom stereocenters. The molecule has 2 heterocycles. The molecule has 0 bridgehead atoms. The minimum Gasteiger partial charge on any atom is -0.493 e. The highest BCUT2D eigenvalue weighted by molar-refractivity contribution is 7.89. The van der Waals surface area contributed by atoms with E-state index in [1.54, 1.807) is 14.2 Å². The highest BCUT2D eigenvalue weighted by atomic mass is 32.2. The van der Waals surface area contributed by atoms with E-state index in [-0.39, 0.29) is 4.90 Å². The van der Waals surface area contributed by atoms with Crippen LogP contribution in [-0.2, 0) is 16.6 Å². The molecule has 0 N–H and O–H groups in total. The molecule has 0 unspecified atom stereocenters. The fourth-order valence-corrected chi connectivity index (χ4v) is 6.41. The van der Waals surface area contributed by atoms with Crippen LogP contribution in [0.3, 0.4) is 0 Å². The second-order valence-corrected chi connectivity index (χ2v) is 10.3. The molecule has 3 aromatic rings. The van der Waals surface area contributed by atoms with Crippen molar-refractivity contribution in [1.82, 2.24) is 8.87 Å². The zero-order valence-corrected chi connectivity index (χ0v) is 19.8. The SMILES string of the molecule is CCn1c(=NC(=O)c2ccc(S(=O)(=O)N3CCCC3)cc2)sc2cc(OC)c(OC)cc21. The third-order valence-electron chi connectivity index (χ3n) is 5.51. The standard InChI is InChI=1S/C22H25N3O5S2/c1-4-25-17-13-18(29-2)19(30-3)14-20(17)31-22(25)23-21(26)15-7-9-16(10-8-15)32(27,28)24-11-5-6-12-24/h7-10,13-14H,4-6,11-12H2,1-3H3. The molecular weight excluding hydrogens is 450 g/mol. The van der Waals surface area contributed by atoms with E-state index in [1.165, 1.54) is 39.9 Å². The van der Waals surface area contributed by atoms with Crippen LogP contribution in [-0.4, -0.2) is 50.5 Å². The smallest absolute Gasteiger partial charge is 0.279 e. The Morgan fingerprint density at radius 3 is 2.28 bits per heavy atom. The summed E-state index contributed by atoms with van der Waals surface area (Å²) in [5.41, 5.74) is 1.23. The Morgan fingerprint density at radius 1 is 1.06 bits per heavy atom. The van der Waals surface area contributed by atoms with Gasteiger partial charge in [-0.1, -0.05) is 11.3 Å². The van der Waals surface area contributed by atoms with Gasteiger partial charge < -0.3 is 14.0 Å². The number of ether oxygens (including phenoxy) is 2. The summed E-state index contributed by atoms with van der Waals surface area (Å²) in [6.07, 6.45) is 1.75. The molecule has 10 heteroatoms. The van der Waals surface area contributed by atoms with Crippen molar-refractivity contribution in [2.45, 2.75) is 31.2 Å². The summed E-state index contributed by atoms with van der Waals surface area (Å²) >= 11 is 1.38. The first-order chi connectivity index (χ1) is 15.4. The predicted molar refractivity (Wildman–Crippen MR) is 123 cm³/mol. The number of thiazole rings is 1. The maximum atomic E-state index is 12.8. The molecule has 0 aliphatic carbocycles. The number of aromatic nitrogens is 1. The van der Waals surface area contributed by atoms with Crippen molar-refractivity contribution in [2.75, 3.05) is 27.3 Å². The zero-order chi connectivity index (χ0) is 22.9. The lowest BCUT2D eigenvalue weighted by Crippen LogP contribution is -2.27. The second kappa shape index (κ2) is 9.05. The van der Waals surface area contributed by atoms with Gasteiger partial charge in [0.2, 0.25) is 10.0 Å². The highest BCUT2D eigenvalue weighted by Gasteiger charge is 2.27. The van der Waals surface area contributed by atoms with Gasteiger partial charge in [0.15, 0.2) is 16.3 Å². The van der Waals surface area contributed by atoms with Crippen LogP contribution >= 0.6 is 11.3 Å². The predicted octanol–water partition coefficient (Wildman–Crippen LogP) is 3.27. The minimum absolute atomic E-state index is 0.195. The van der Waals surface area contributed by atoms with E-state index in [4.69, 9.17) is 9.47 Å². The minimum atomic E-state index is -3.52. The van der Waals surface area contributed by atoms with Gasteiger partial charge in [-0.05, 0) is 44.0 Å². The fraction of sp³-hybridized carbons (Fsp3) is 0.364. The van der Waals surface area contributed by atoms with Gasteiger partial charge in [-0.15, -0.1) is 0 Å². The zero-order valence-electron chi connectivity index (χ0n) is 18.2. The third kappa shape index (κ3) is 4.05. The number of fused-ring (bicyclic) bond motifs is 1. The fourth-order valence-electron chi connectivity index (χ4n) is 3.79. The third-order valence-corrected chi connectivity index (χ3v) is 8.46. The average molecular weight is 476 g/mol. The lowest BCUT2D eigenvalue weighted by Gasteiger charge is -2.15. The Bertz CT molecular complexity index is 1320. The summed E-state index contributed by atoms with van der Waals surface area (Å²) in [6.45, 7) is 3.67. The average Bonchev–Trinajstić information content (AvgIpc) is 3.46. The Kier molecular flexibility index (Phi) is 6.36. The summed E-state index contributed by atoms with van der Waals surface area (Å²) in [6, 6.07) is 9.73. The van der Waals surface area contributed by atoms with Crippen molar-refractivity contribution in [2.24, 2.45) is 4.99 Å². The van der Waals surface area contributed by atoms with Crippen molar-refractivity contribution in [3.05, 3.63) is 46.8 Å². The molecule has 4 rings (SSSR count). The first-order valence-electron chi connectivity index (χ1n) is 10.3. The summed E-state index contributed by atoms with van der Waals surface area (Å²) in [5, 5.41) is 0. The molecule has 8 nitrogen and oxygen atoms in total. The number of carbonyl (C=O) groups is 1. The van der Waals surface area contributed by atoms with Gasteiger partial charge in [-0.25, -0.2) is 8.42 Å². The van der Waals surface area contributed by atoms with E-state index in [0.29, 0.717) is 41.5 Å². The number of amides is 1. The van der Waals surface area contributed by atoms with Crippen LogP contribution in [0.4, 0.5) is 0 Å². The van der Waals surface area contributed by atoms with E-state index in [0.717, 1.165) is 23.1 Å². The van der Waals surface area contributed by atoms with E-state index in [9.17, 15) is 13.2 Å². The van der Waals surface area contributed by atoms with Crippen LogP contribution in [0.1, 0.15) is 30.1 Å². The Labute approximate surface area is 190 Å². The number of methoxy groups -OCH3 is 2. The molecule has 0 radical (unpaired) electrons. The molecule has 1 saturated heterocycles. The van der Waals surface area contributed by atoms with Gasteiger partial charge in [0.05, 0.1) is 29.3 Å². The van der Waals surface area contributed by atoms with Crippen LogP contribution in [0, 0.1) is 0 Å². The molecule has 1 amide bonds. The quantitative estimate of drug-likeness (QED) is 0.546. The summed E-state index contributed by atoms with van der Waals surface area (Å²) in [4.78, 5) is 17.9. The van der Waals surface area contributed by atoms with Crippen molar-refractivity contribution in [3.63, 3.8) is 0 Å². The van der Waals surface area contributed by atoms with Gasteiger partial charge in [-0.2, -0.15) is 9.30 Å².